The van der Waals surface area contributed by atoms with Crippen LogP contribution in [0.3, 0.4) is 0 Å². The summed E-state index contributed by atoms with van der Waals surface area (Å²) in [5.41, 5.74) is 2.27. The maximum atomic E-state index is 13.0. The quantitative estimate of drug-likeness (QED) is 0.233. The van der Waals surface area contributed by atoms with Crippen LogP contribution in [0.1, 0.15) is 21.7 Å². The third-order valence-electron chi connectivity index (χ3n) is 5.44. The van der Waals surface area contributed by atoms with Crippen molar-refractivity contribution in [1.82, 2.24) is 4.90 Å². The lowest BCUT2D eigenvalue weighted by atomic mass is 10.1. The average molecular weight is 510 g/mol. The van der Waals surface area contributed by atoms with Gasteiger partial charge in [-0.15, -0.1) is 0 Å². The zero-order valence-electron chi connectivity index (χ0n) is 19.4. The summed E-state index contributed by atoms with van der Waals surface area (Å²) in [6, 6.07) is 16.2. The second-order valence-corrected chi connectivity index (χ2v) is 9.22. The summed E-state index contributed by atoms with van der Waals surface area (Å²) >= 11 is 6.70. The van der Waals surface area contributed by atoms with Gasteiger partial charge in [0, 0.05) is 18.2 Å². The van der Waals surface area contributed by atoms with E-state index in [9.17, 15) is 9.59 Å². The largest absolute Gasteiger partial charge is 0.493 e. The monoisotopic (exact) mass is 509 g/mol. The van der Waals surface area contributed by atoms with Gasteiger partial charge in [0.1, 0.15) is 15.8 Å². The molecule has 0 saturated carbocycles. The minimum atomic E-state index is -0.398. The molecule has 7 nitrogen and oxygen atoms in total. The number of furan rings is 1. The molecule has 0 spiro atoms. The van der Waals surface area contributed by atoms with Crippen LogP contribution in [0.15, 0.2) is 63.9 Å². The summed E-state index contributed by atoms with van der Waals surface area (Å²) in [4.78, 5) is 26.7. The molecule has 35 heavy (non-hydrogen) atoms. The van der Waals surface area contributed by atoms with Crippen LogP contribution in [0.25, 0.3) is 17.4 Å². The molecule has 0 unspecified atom stereocenters. The fraction of sp³-hybridized carbons (Fsp3) is 0.192. The van der Waals surface area contributed by atoms with Gasteiger partial charge in [-0.2, -0.15) is 0 Å². The number of hydrogen-bond acceptors (Lipinski definition) is 8. The summed E-state index contributed by atoms with van der Waals surface area (Å²) in [5, 5.41) is 0. The normalized spacial score (nSPS) is 14.5. The molecule has 1 aromatic heterocycles. The van der Waals surface area contributed by atoms with Crippen molar-refractivity contribution in [2.24, 2.45) is 0 Å². The number of amides is 1. The van der Waals surface area contributed by atoms with Crippen LogP contribution in [0, 0.1) is 0 Å². The molecule has 3 aromatic rings. The van der Waals surface area contributed by atoms with E-state index in [0.29, 0.717) is 50.8 Å². The fourth-order valence-corrected chi connectivity index (χ4v) is 4.86. The molecular formula is C26H23NO6S2. The van der Waals surface area contributed by atoms with Gasteiger partial charge in [-0.3, -0.25) is 9.69 Å². The third-order valence-corrected chi connectivity index (χ3v) is 6.81. The van der Waals surface area contributed by atoms with E-state index in [-0.39, 0.29) is 5.91 Å². The van der Waals surface area contributed by atoms with Crippen molar-refractivity contribution in [3.05, 3.63) is 76.4 Å². The smallest absolute Gasteiger partial charge is 0.337 e. The number of hydrogen-bond donors (Lipinski definition) is 0. The van der Waals surface area contributed by atoms with Crippen molar-refractivity contribution in [2.75, 3.05) is 27.9 Å². The van der Waals surface area contributed by atoms with Crippen molar-refractivity contribution < 1.29 is 28.2 Å². The number of carbonyl (C=O) groups is 2. The van der Waals surface area contributed by atoms with E-state index in [0.717, 1.165) is 11.1 Å². The van der Waals surface area contributed by atoms with E-state index in [1.165, 1.54) is 18.9 Å². The van der Waals surface area contributed by atoms with E-state index in [4.69, 9.17) is 30.8 Å². The molecule has 2 heterocycles. The van der Waals surface area contributed by atoms with E-state index in [1.807, 2.05) is 24.3 Å². The van der Waals surface area contributed by atoms with E-state index in [1.54, 1.807) is 55.5 Å². The fourth-order valence-electron chi connectivity index (χ4n) is 3.57. The number of rotatable bonds is 8. The van der Waals surface area contributed by atoms with Gasteiger partial charge in [0.2, 0.25) is 0 Å². The number of ether oxygens (including phenoxy) is 3. The predicted octanol–water partition coefficient (Wildman–Crippen LogP) is 5.19. The molecule has 0 radical (unpaired) electrons. The highest BCUT2D eigenvalue weighted by atomic mass is 32.2. The number of methoxy groups -OCH3 is 3. The van der Waals surface area contributed by atoms with Gasteiger partial charge >= 0.3 is 5.97 Å². The van der Waals surface area contributed by atoms with Gasteiger partial charge in [-0.1, -0.05) is 42.2 Å². The van der Waals surface area contributed by atoms with Gasteiger partial charge < -0.3 is 18.6 Å². The summed E-state index contributed by atoms with van der Waals surface area (Å²) in [6.45, 7) is 0.452. The summed E-state index contributed by atoms with van der Waals surface area (Å²) < 4.78 is 21.8. The standard InChI is InChI=1S/C26H23NO6S2/c1-30-21-10-4-16(14-22(21)31-2)12-13-27-24(28)23(35-26(27)34)15-19-9-11-20(33-19)17-5-7-18(8-6-17)25(29)32-3/h4-11,14-15H,12-13H2,1-3H3/b23-15+. The SMILES string of the molecule is COC(=O)c1ccc(-c2ccc(/C=C3/SC(=S)N(CCc4ccc(OC)c(OC)c4)C3=O)o2)cc1. The highest BCUT2D eigenvalue weighted by molar-refractivity contribution is 8.26. The van der Waals surface area contributed by atoms with Crippen LogP contribution in [0.5, 0.6) is 11.5 Å². The minimum absolute atomic E-state index is 0.152. The number of benzene rings is 2. The lowest BCUT2D eigenvalue weighted by Crippen LogP contribution is -2.30. The van der Waals surface area contributed by atoms with Gasteiger partial charge in [-0.05, 0) is 48.4 Å². The molecule has 0 N–H and O–H groups in total. The van der Waals surface area contributed by atoms with Gasteiger partial charge in [0.25, 0.3) is 5.91 Å². The summed E-state index contributed by atoms with van der Waals surface area (Å²) in [5.74, 6) is 1.91. The molecule has 4 rings (SSSR count). The molecule has 0 atom stereocenters. The Morgan fingerprint density at radius 1 is 1.03 bits per heavy atom. The number of esters is 1. The second-order valence-electron chi connectivity index (χ2n) is 7.54. The van der Waals surface area contributed by atoms with Crippen LogP contribution < -0.4 is 9.47 Å². The third kappa shape index (κ3) is 5.41. The number of thiocarbonyl (C=S) groups is 1. The van der Waals surface area contributed by atoms with E-state index < -0.39 is 5.97 Å². The zero-order valence-corrected chi connectivity index (χ0v) is 21.0. The molecule has 2 aromatic carbocycles. The van der Waals surface area contributed by atoms with Crippen LogP contribution in [-0.2, 0) is 16.0 Å². The first-order valence-electron chi connectivity index (χ1n) is 10.7. The number of carbonyl (C=O) groups excluding carboxylic acids is 2. The topological polar surface area (TPSA) is 78.2 Å². The molecule has 9 heteroatoms. The zero-order chi connectivity index (χ0) is 24.9. The van der Waals surface area contributed by atoms with Gasteiger partial charge in [0.15, 0.2) is 11.5 Å². The first kappa shape index (κ1) is 24.6. The highest BCUT2D eigenvalue weighted by Gasteiger charge is 2.32. The average Bonchev–Trinajstić information content (AvgIpc) is 3.46. The Morgan fingerprint density at radius 2 is 1.77 bits per heavy atom. The lowest BCUT2D eigenvalue weighted by molar-refractivity contribution is -0.122. The molecule has 1 saturated heterocycles. The predicted molar refractivity (Wildman–Crippen MR) is 139 cm³/mol. The molecule has 180 valence electrons. The van der Waals surface area contributed by atoms with Crippen molar-refractivity contribution in [3.63, 3.8) is 0 Å². The Morgan fingerprint density at radius 3 is 2.46 bits per heavy atom. The van der Waals surface area contributed by atoms with Crippen LogP contribution >= 0.6 is 24.0 Å². The summed E-state index contributed by atoms with van der Waals surface area (Å²) in [6.07, 6.45) is 2.31. The van der Waals surface area contributed by atoms with Crippen molar-refractivity contribution >= 4 is 46.3 Å². The maximum absolute atomic E-state index is 13.0. The van der Waals surface area contributed by atoms with Crippen LogP contribution in [-0.4, -0.2) is 49.0 Å². The minimum Gasteiger partial charge on any atom is -0.493 e. The highest BCUT2D eigenvalue weighted by Crippen LogP contribution is 2.34. The number of thioether (sulfide) groups is 1. The molecule has 0 bridgehead atoms. The molecule has 0 aliphatic carbocycles. The Labute approximate surface area is 212 Å². The van der Waals surface area contributed by atoms with Gasteiger partial charge in [0.05, 0.1) is 31.8 Å². The van der Waals surface area contributed by atoms with Crippen molar-refractivity contribution in [2.45, 2.75) is 6.42 Å². The Bertz CT molecular complexity index is 1300. The Kier molecular flexibility index (Phi) is 7.57. The maximum Gasteiger partial charge on any atom is 0.337 e. The first-order chi connectivity index (χ1) is 16.9. The molecule has 1 aliphatic rings. The van der Waals surface area contributed by atoms with Crippen LogP contribution in [0.4, 0.5) is 0 Å². The number of nitrogens with zero attached hydrogens (tertiary/aromatic N) is 1. The molecule has 1 fully saturated rings. The van der Waals surface area contributed by atoms with E-state index >= 15 is 0 Å². The molecule has 1 amide bonds. The first-order valence-corrected chi connectivity index (χ1v) is 11.9. The van der Waals surface area contributed by atoms with E-state index in [2.05, 4.69) is 0 Å². The Hall–Kier alpha value is -3.56. The molecule has 1 aliphatic heterocycles. The van der Waals surface area contributed by atoms with Crippen LogP contribution in [0.2, 0.25) is 0 Å². The van der Waals surface area contributed by atoms with Crippen molar-refractivity contribution in [1.29, 1.82) is 0 Å². The lowest BCUT2D eigenvalue weighted by Gasteiger charge is -2.15. The second kappa shape index (κ2) is 10.8. The van der Waals surface area contributed by atoms with Gasteiger partial charge in [-0.25, -0.2) is 4.79 Å². The summed E-state index contributed by atoms with van der Waals surface area (Å²) in [7, 11) is 4.52. The Balaban J connectivity index is 1.44. The van der Waals surface area contributed by atoms with Crippen molar-refractivity contribution in [3.8, 4) is 22.8 Å². The molecular weight excluding hydrogens is 486 g/mol.